The Hall–Kier alpha value is 0.1000. The summed E-state index contributed by atoms with van der Waals surface area (Å²) in [5.74, 6) is 0. The lowest BCUT2D eigenvalue weighted by atomic mass is 10.1. The van der Waals surface area contributed by atoms with Crippen molar-refractivity contribution in [3.63, 3.8) is 0 Å². The molecule has 1 atom stereocenters. The molecule has 0 amide bonds. The summed E-state index contributed by atoms with van der Waals surface area (Å²) in [6.07, 6.45) is 1.02. The second-order valence-corrected chi connectivity index (χ2v) is 6.76. The molecule has 1 rings (SSSR count). The minimum absolute atomic E-state index is 0.0644. The van der Waals surface area contributed by atoms with Crippen LogP contribution in [0.15, 0.2) is 15.9 Å². The first-order valence-electron chi connectivity index (χ1n) is 5.45. The van der Waals surface area contributed by atoms with Gasteiger partial charge in [-0.2, -0.15) is 0 Å². The van der Waals surface area contributed by atoms with Crippen molar-refractivity contribution in [3.8, 4) is 0 Å². The van der Waals surface area contributed by atoms with Crippen LogP contribution in [-0.2, 0) is 11.2 Å². The number of hydrogen-bond acceptors (Lipinski definition) is 3. The molecule has 1 aromatic rings. The van der Waals surface area contributed by atoms with Gasteiger partial charge in [0.05, 0.1) is 12.2 Å². The van der Waals surface area contributed by atoms with Crippen molar-refractivity contribution >= 4 is 27.3 Å². The number of likely N-dealkylation sites (N-methyl/N-ethyl adjacent to an activating group) is 1. The smallest absolute Gasteiger partial charge is 0.0630 e. The standard InChI is InChI=1S/C12H20BrNOS/c1-12(2,3)15-7-10(14-4)6-11-5-9(13)8-16-11/h5,8,10,14H,6-7H2,1-4H3. The van der Waals surface area contributed by atoms with Crippen LogP contribution in [0.3, 0.4) is 0 Å². The summed E-state index contributed by atoms with van der Waals surface area (Å²) < 4.78 is 6.96. The minimum atomic E-state index is -0.0644. The highest BCUT2D eigenvalue weighted by Crippen LogP contribution is 2.21. The molecule has 0 radical (unpaired) electrons. The molecule has 0 aromatic carbocycles. The number of ether oxygens (including phenoxy) is 1. The highest BCUT2D eigenvalue weighted by atomic mass is 79.9. The van der Waals surface area contributed by atoms with Gasteiger partial charge in [0.15, 0.2) is 0 Å². The third kappa shape index (κ3) is 5.43. The molecule has 4 heteroatoms. The number of thiophene rings is 1. The highest BCUT2D eigenvalue weighted by Gasteiger charge is 2.15. The topological polar surface area (TPSA) is 21.3 Å². The molecule has 0 aliphatic carbocycles. The Morgan fingerprint density at radius 3 is 2.62 bits per heavy atom. The molecule has 0 bridgehead atoms. The van der Waals surface area contributed by atoms with E-state index in [1.807, 2.05) is 7.05 Å². The lowest BCUT2D eigenvalue weighted by Crippen LogP contribution is -2.35. The van der Waals surface area contributed by atoms with Crippen LogP contribution < -0.4 is 5.32 Å². The fourth-order valence-electron chi connectivity index (χ4n) is 1.30. The summed E-state index contributed by atoms with van der Waals surface area (Å²) in [7, 11) is 1.99. The van der Waals surface area contributed by atoms with E-state index in [-0.39, 0.29) is 5.60 Å². The molecule has 0 saturated carbocycles. The second kappa shape index (κ2) is 6.15. The van der Waals surface area contributed by atoms with Gasteiger partial charge in [0.1, 0.15) is 0 Å². The highest BCUT2D eigenvalue weighted by molar-refractivity contribution is 9.10. The molecule has 0 aliphatic heterocycles. The van der Waals surface area contributed by atoms with Gasteiger partial charge < -0.3 is 10.1 Å². The van der Waals surface area contributed by atoms with E-state index in [9.17, 15) is 0 Å². The molecule has 1 aromatic heterocycles. The zero-order valence-corrected chi connectivity index (χ0v) is 12.7. The average Bonchev–Trinajstić information content (AvgIpc) is 2.57. The fraction of sp³-hybridized carbons (Fsp3) is 0.667. The van der Waals surface area contributed by atoms with Gasteiger partial charge in [-0.3, -0.25) is 0 Å². The number of nitrogens with one attached hydrogen (secondary N) is 1. The minimum Gasteiger partial charge on any atom is -0.374 e. The van der Waals surface area contributed by atoms with Gasteiger partial charge in [-0.05, 0) is 56.2 Å². The number of rotatable bonds is 5. The van der Waals surface area contributed by atoms with Crippen molar-refractivity contribution in [1.29, 1.82) is 0 Å². The summed E-state index contributed by atoms with van der Waals surface area (Å²) in [5.41, 5.74) is -0.0644. The quantitative estimate of drug-likeness (QED) is 0.899. The summed E-state index contributed by atoms with van der Waals surface area (Å²) in [6, 6.07) is 2.55. The molecule has 0 aliphatic rings. The lowest BCUT2D eigenvalue weighted by Gasteiger charge is -2.24. The Labute approximate surface area is 111 Å². The SMILES string of the molecule is CNC(COC(C)(C)C)Cc1cc(Br)cs1. The van der Waals surface area contributed by atoms with Crippen molar-refractivity contribution in [2.24, 2.45) is 0 Å². The van der Waals surface area contributed by atoms with E-state index in [0.717, 1.165) is 13.0 Å². The Kier molecular flexibility index (Phi) is 5.44. The van der Waals surface area contributed by atoms with Crippen LogP contribution in [0.4, 0.5) is 0 Å². The van der Waals surface area contributed by atoms with Gasteiger partial charge in [-0.1, -0.05) is 0 Å². The Morgan fingerprint density at radius 1 is 1.50 bits per heavy atom. The first-order valence-corrected chi connectivity index (χ1v) is 7.12. The molecule has 1 N–H and O–H groups in total. The van der Waals surface area contributed by atoms with Crippen molar-refractivity contribution < 1.29 is 4.74 Å². The van der Waals surface area contributed by atoms with Gasteiger partial charge >= 0.3 is 0 Å². The first-order chi connectivity index (χ1) is 7.40. The van der Waals surface area contributed by atoms with E-state index in [4.69, 9.17) is 4.74 Å². The number of halogens is 1. The van der Waals surface area contributed by atoms with Crippen LogP contribution in [0.1, 0.15) is 25.6 Å². The van der Waals surface area contributed by atoms with Crippen molar-refractivity contribution in [3.05, 3.63) is 20.8 Å². The molecular weight excluding hydrogens is 286 g/mol. The third-order valence-electron chi connectivity index (χ3n) is 2.20. The molecule has 0 spiro atoms. The van der Waals surface area contributed by atoms with Crippen LogP contribution in [0.5, 0.6) is 0 Å². The predicted molar refractivity (Wildman–Crippen MR) is 74.3 cm³/mol. The second-order valence-electron chi connectivity index (χ2n) is 4.84. The Balaban J connectivity index is 2.43. The van der Waals surface area contributed by atoms with E-state index in [1.165, 1.54) is 9.35 Å². The monoisotopic (exact) mass is 305 g/mol. The number of hydrogen-bond donors (Lipinski definition) is 1. The van der Waals surface area contributed by atoms with Crippen LogP contribution in [-0.4, -0.2) is 25.3 Å². The maximum atomic E-state index is 5.79. The molecule has 1 heterocycles. The van der Waals surface area contributed by atoms with Gasteiger partial charge in [-0.15, -0.1) is 11.3 Å². The normalized spacial score (nSPS) is 14.1. The van der Waals surface area contributed by atoms with Crippen molar-refractivity contribution in [2.45, 2.75) is 38.8 Å². The molecule has 16 heavy (non-hydrogen) atoms. The maximum Gasteiger partial charge on any atom is 0.0630 e. The van der Waals surface area contributed by atoms with E-state index in [1.54, 1.807) is 11.3 Å². The summed E-state index contributed by atoms with van der Waals surface area (Å²) in [5, 5.41) is 5.42. The van der Waals surface area contributed by atoms with Crippen LogP contribution >= 0.6 is 27.3 Å². The maximum absolute atomic E-state index is 5.79. The van der Waals surface area contributed by atoms with E-state index in [0.29, 0.717) is 6.04 Å². The largest absolute Gasteiger partial charge is 0.374 e. The Morgan fingerprint density at radius 2 is 2.19 bits per heavy atom. The third-order valence-corrected chi connectivity index (χ3v) is 3.92. The molecule has 0 saturated heterocycles. The van der Waals surface area contributed by atoms with Gasteiger partial charge in [0.25, 0.3) is 0 Å². The Bertz CT molecular complexity index is 319. The zero-order valence-electron chi connectivity index (χ0n) is 10.3. The molecule has 2 nitrogen and oxygen atoms in total. The summed E-state index contributed by atoms with van der Waals surface area (Å²) in [6.45, 7) is 7.00. The molecular formula is C12H20BrNOS. The van der Waals surface area contributed by atoms with Crippen molar-refractivity contribution in [2.75, 3.05) is 13.7 Å². The van der Waals surface area contributed by atoms with E-state index < -0.39 is 0 Å². The van der Waals surface area contributed by atoms with E-state index in [2.05, 4.69) is 53.5 Å². The van der Waals surface area contributed by atoms with Crippen molar-refractivity contribution in [1.82, 2.24) is 5.32 Å². The van der Waals surface area contributed by atoms with Gasteiger partial charge in [0.2, 0.25) is 0 Å². The average molecular weight is 306 g/mol. The zero-order chi connectivity index (χ0) is 12.2. The van der Waals surface area contributed by atoms with E-state index >= 15 is 0 Å². The predicted octanol–water partition coefficient (Wildman–Crippen LogP) is 3.46. The van der Waals surface area contributed by atoms with Crippen LogP contribution in [0.25, 0.3) is 0 Å². The van der Waals surface area contributed by atoms with Gasteiger partial charge in [-0.25, -0.2) is 0 Å². The summed E-state index contributed by atoms with van der Waals surface area (Å²) >= 11 is 5.26. The summed E-state index contributed by atoms with van der Waals surface area (Å²) in [4.78, 5) is 1.38. The molecule has 0 fully saturated rings. The van der Waals surface area contributed by atoms with Gasteiger partial charge in [0, 0.05) is 20.8 Å². The van der Waals surface area contributed by atoms with Crippen LogP contribution in [0, 0.1) is 0 Å². The fourth-order valence-corrected chi connectivity index (χ4v) is 2.83. The first kappa shape index (κ1) is 14.2. The lowest BCUT2D eigenvalue weighted by molar-refractivity contribution is -0.0134. The van der Waals surface area contributed by atoms with Crippen LogP contribution in [0.2, 0.25) is 0 Å². The molecule has 92 valence electrons. The molecule has 1 unspecified atom stereocenters.